The van der Waals surface area contributed by atoms with E-state index in [9.17, 15) is 9.59 Å². The summed E-state index contributed by atoms with van der Waals surface area (Å²) in [7, 11) is 0. The van der Waals surface area contributed by atoms with Gasteiger partial charge in [-0.05, 0) is 43.3 Å². The summed E-state index contributed by atoms with van der Waals surface area (Å²) in [5.41, 5.74) is 1.58. The highest BCUT2D eigenvalue weighted by atomic mass is 32.1. The molecular weight excluding hydrogens is 384 g/mol. The maximum Gasteiger partial charge on any atom is 0.254 e. The molecule has 1 atom stereocenters. The molecule has 2 aliphatic heterocycles. The monoisotopic (exact) mass is 412 g/mol. The van der Waals surface area contributed by atoms with Gasteiger partial charge in [0.05, 0.1) is 5.56 Å². The van der Waals surface area contributed by atoms with Crippen LogP contribution in [0.2, 0.25) is 0 Å². The number of ether oxygens (including phenoxy) is 1. The van der Waals surface area contributed by atoms with Crippen molar-refractivity contribution in [3.05, 3.63) is 52.2 Å². The SMILES string of the molecule is CC(C)NC(=O)C[C@@H]1CC2(CCN(C(=O)c3ccsc3)CC2)Oc2ccccc21. The zero-order valence-corrected chi connectivity index (χ0v) is 17.8. The maximum atomic E-state index is 12.7. The van der Waals surface area contributed by atoms with Gasteiger partial charge in [0.1, 0.15) is 11.4 Å². The topological polar surface area (TPSA) is 58.6 Å². The fourth-order valence-corrected chi connectivity index (χ4v) is 5.15. The van der Waals surface area contributed by atoms with Crippen molar-refractivity contribution >= 4 is 23.2 Å². The molecule has 0 unspecified atom stereocenters. The second-order valence-electron chi connectivity index (χ2n) is 8.45. The van der Waals surface area contributed by atoms with Gasteiger partial charge < -0.3 is 15.0 Å². The first-order chi connectivity index (χ1) is 14.0. The molecule has 29 heavy (non-hydrogen) atoms. The van der Waals surface area contributed by atoms with Crippen LogP contribution in [0.15, 0.2) is 41.1 Å². The van der Waals surface area contributed by atoms with Crippen LogP contribution in [-0.4, -0.2) is 41.4 Å². The Morgan fingerprint density at radius 2 is 2.00 bits per heavy atom. The molecule has 0 aliphatic carbocycles. The van der Waals surface area contributed by atoms with E-state index in [1.165, 1.54) is 0 Å². The quantitative estimate of drug-likeness (QED) is 0.819. The van der Waals surface area contributed by atoms with Crippen molar-refractivity contribution in [1.82, 2.24) is 10.2 Å². The normalized spacial score (nSPS) is 20.2. The first-order valence-electron chi connectivity index (χ1n) is 10.3. The molecule has 1 aromatic carbocycles. The van der Waals surface area contributed by atoms with Crippen LogP contribution in [0.5, 0.6) is 5.75 Å². The van der Waals surface area contributed by atoms with Crippen LogP contribution in [0.3, 0.4) is 0 Å². The molecule has 6 heteroatoms. The van der Waals surface area contributed by atoms with Crippen molar-refractivity contribution in [3.63, 3.8) is 0 Å². The van der Waals surface area contributed by atoms with Crippen LogP contribution in [0.4, 0.5) is 0 Å². The number of carbonyl (C=O) groups excluding carboxylic acids is 2. The fourth-order valence-electron chi connectivity index (χ4n) is 4.52. The van der Waals surface area contributed by atoms with Crippen LogP contribution >= 0.6 is 11.3 Å². The molecule has 4 rings (SSSR count). The van der Waals surface area contributed by atoms with E-state index in [1.54, 1.807) is 11.3 Å². The molecule has 154 valence electrons. The van der Waals surface area contributed by atoms with E-state index in [1.807, 2.05) is 53.8 Å². The van der Waals surface area contributed by atoms with Gasteiger partial charge in [-0.3, -0.25) is 9.59 Å². The average Bonchev–Trinajstić information content (AvgIpc) is 3.22. The van der Waals surface area contributed by atoms with Crippen molar-refractivity contribution in [2.24, 2.45) is 0 Å². The number of piperidine rings is 1. The van der Waals surface area contributed by atoms with Crippen LogP contribution in [-0.2, 0) is 4.79 Å². The van der Waals surface area contributed by atoms with Gasteiger partial charge >= 0.3 is 0 Å². The molecule has 0 saturated carbocycles. The van der Waals surface area contributed by atoms with Crippen molar-refractivity contribution in [2.45, 2.75) is 57.1 Å². The number of benzene rings is 1. The summed E-state index contributed by atoms with van der Waals surface area (Å²) in [6, 6.07) is 10.1. The molecule has 1 aromatic heterocycles. The number of thiophene rings is 1. The van der Waals surface area contributed by atoms with Gasteiger partial charge in [0.2, 0.25) is 5.91 Å². The lowest BCUT2D eigenvalue weighted by Crippen LogP contribution is -2.52. The third-order valence-electron chi connectivity index (χ3n) is 5.92. The van der Waals surface area contributed by atoms with Gasteiger partial charge in [-0.1, -0.05) is 18.2 Å². The summed E-state index contributed by atoms with van der Waals surface area (Å²) >= 11 is 1.55. The van der Waals surface area contributed by atoms with E-state index in [2.05, 4.69) is 11.4 Å². The fraction of sp³-hybridized carbons (Fsp3) is 0.478. The molecule has 1 fully saturated rings. The highest BCUT2D eigenvalue weighted by molar-refractivity contribution is 7.08. The first kappa shape index (κ1) is 20.0. The largest absolute Gasteiger partial charge is 0.487 e. The standard InChI is InChI=1S/C23H28N2O3S/c1-16(2)24-21(26)13-18-14-23(28-20-6-4-3-5-19(18)20)8-10-25(11-9-23)22(27)17-7-12-29-15-17/h3-7,12,15-16,18H,8-11,13-14H2,1-2H3,(H,24,26)/t18-/m1/s1. The number of hydrogen-bond acceptors (Lipinski definition) is 4. The number of carbonyl (C=O) groups is 2. The van der Waals surface area contributed by atoms with Gasteiger partial charge in [0.25, 0.3) is 5.91 Å². The molecule has 0 bridgehead atoms. The number of nitrogens with one attached hydrogen (secondary N) is 1. The molecule has 2 amide bonds. The van der Waals surface area contributed by atoms with Gasteiger partial charge in [-0.2, -0.15) is 11.3 Å². The summed E-state index contributed by atoms with van der Waals surface area (Å²) < 4.78 is 6.50. The lowest BCUT2D eigenvalue weighted by atomic mass is 9.76. The number of para-hydroxylation sites is 1. The Balaban J connectivity index is 1.49. The number of fused-ring (bicyclic) bond motifs is 1. The molecule has 1 N–H and O–H groups in total. The Morgan fingerprint density at radius 3 is 2.69 bits per heavy atom. The van der Waals surface area contributed by atoms with E-state index in [4.69, 9.17) is 4.74 Å². The predicted molar refractivity (Wildman–Crippen MR) is 115 cm³/mol. The Labute approximate surface area is 176 Å². The molecular formula is C23H28N2O3S. The molecule has 3 heterocycles. The highest BCUT2D eigenvalue weighted by Crippen LogP contribution is 2.46. The average molecular weight is 413 g/mol. The van der Waals surface area contributed by atoms with Crippen molar-refractivity contribution in [1.29, 1.82) is 0 Å². The van der Waals surface area contributed by atoms with Gasteiger partial charge in [0.15, 0.2) is 0 Å². The minimum atomic E-state index is -0.303. The van der Waals surface area contributed by atoms with Crippen LogP contribution in [0.1, 0.15) is 61.4 Å². The molecule has 5 nitrogen and oxygen atoms in total. The highest BCUT2D eigenvalue weighted by Gasteiger charge is 2.44. The summed E-state index contributed by atoms with van der Waals surface area (Å²) in [5, 5.41) is 6.86. The first-order valence-corrected chi connectivity index (χ1v) is 11.3. The maximum absolute atomic E-state index is 12.7. The Bertz CT molecular complexity index is 870. The molecule has 2 aromatic rings. The van der Waals surface area contributed by atoms with Crippen LogP contribution < -0.4 is 10.1 Å². The Kier molecular flexibility index (Phi) is 5.63. The minimum absolute atomic E-state index is 0.0851. The van der Waals surface area contributed by atoms with Crippen molar-refractivity contribution in [3.8, 4) is 5.75 Å². The van der Waals surface area contributed by atoms with E-state index < -0.39 is 0 Å². The van der Waals surface area contributed by atoms with Crippen molar-refractivity contribution < 1.29 is 14.3 Å². The molecule has 1 saturated heterocycles. The molecule has 0 radical (unpaired) electrons. The number of likely N-dealkylation sites (tertiary alicyclic amines) is 1. The smallest absolute Gasteiger partial charge is 0.254 e. The Hall–Kier alpha value is -2.34. The van der Waals surface area contributed by atoms with E-state index in [0.717, 1.165) is 36.1 Å². The molecule has 1 spiro atoms. The van der Waals surface area contributed by atoms with Crippen LogP contribution in [0, 0.1) is 0 Å². The van der Waals surface area contributed by atoms with E-state index in [-0.39, 0.29) is 29.4 Å². The summed E-state index contributed by atoms with van der Waals surface area (Å²) in [6.07, 6.45) is 2.87. The second-order valence-corrected chi connectivity index (χ2v) is 9.23. The third kappa shape index (κ3) is 4.32. The number of amides is 2. The predicted octanol–water partition coefficient (Wildman–Crippen LogP) is 4.20. The zero-order valence-electron chi connectivity index (χ0n) is 17.0. The zero-order chi connectivity index (χ0) is 20.4. The molecule has 2 aliphatic rings. The van der Waals surface area contributed by atoms with Gasteiger partial charge in [-0.25, -0.2) is 0 Å². The van der Waals surface area contributed by atoms with E-state index >= 15 is 0 Å². The van der Waals surface area contributed by atoms with Gasteiger partial charge in [-0.15, -0.1) is 0 Å². The van der Waals surface area contributed by atoms with Crippen molar-refractivity contribution in [2.75, 3.05) is 13.1 Å². The number of nitrogens with zero attached hydrogens (tertiary/aromatic N) is 1. The number of rotatable bonds is 4. The van der Waals surface area contributed by atoms with Gasteiger partial charge in [0, 0.05) is 49.7 Å². The van der Waals surface area contributed by atoms with E-state index in [0.29, 0.717) is 19.5 Å². The number of hydrogen-bond donors (Lipinski definition) is 1. The summed E-state index contributed by atoms with van der Waals surface area (Å²) in [4.78, 5) is 27.1. The lowest BCUT2D eigenvalue weighted by molar-refractivity contribution is -0.122. The minimum Gasteiger partial charge on any atom is -0.487 e. The van der Waals surface area contributed by atoms with Crippen LogP contribution in [0.25, 0.3) is 0 Å². The summed E-state index contributed by atoms with van der Waals surface area (Å²) in [6.45, 7) is 5.33. The summed E-state index contributed by atoms with van der Waals surface area (Å²) in [5.74, 6) is 1.21. The second kappa shape index (κ2) is 8.19. The Morgan fingerprint density at radius 1 is 1.24 bits per heavy atom. The third-order valence-corrected chi connectivity index (χ3v) is 6.60. The lowest BCUT2D eigenvalue weighted by Gasteiger charge is -2.47.